The molecule has 1 aromatic rings. The zero-order valence-corrected chi connectivity index (χ0v) is 9.15. The van der Waals surface area contributed by atoms with E-state index >= 15 is 0 Å². The summed E-state index contributed by atoms with van der Waals surface area (Å²) in [6.07, 6.45) is 4.34. The summed E-state index contributed by atoms with van der Waals surface area (Å²) in [5, 5.41) is 19.1. The van der Waals surface area contributed by atoms with E-state index in [0.29, 0.717) is 12.0 Å². The molecule has 0 heterocycles. The molecule has 3 nitrogen and oxygen atoms in total. The fraction of sp³-hybridized carbons (Fsp3) is 0.462. The van der Waals surface area contributed by atoms with Crippen molar-refractivity contribution in [2.45, 2.75) is 37.7 Å². The maximum atomic E-state index is 10.8. The zero-order chi connectivity index (χ0) is 11.6. The standard InChI is InChI=1S/C13H16O3/c14-12(15)11-5-3-4-10(8-11)9-13(16)6-1-2-7-13/h3-5,8,16H,1-2,6-7,9H2,(H,14,15). The van der Waals surface area contributed by atoms with E-state index in [1.54, 1.807) is 18.2 Å². The lowest BCUT2D eigenvalue weighted by Gasteiger charge is -2.22. The van der Waals surface area contributed by atoms with Crippen LogP contribution in [0.15, 0.2) is 24.3 Å². The molecule has 2 N–H and O–H groups in total. The van der Waals surface area contributed by atoms with Crippen molar-refractivity contribution in [1.82, 2.24) is 0 Å². The normalized spacial score (nSPS) is 18.6. The first-order chi connectivity index (χ1) is 7.59. The van der Waals surface area contributed by atoms with E-state index in [4.69, 9.17) is 5.11 Å². The first kappa shape index (κ1) is 11.1. The molecule has 0 spiro atoms. The molecular formula is C13H16O3. The third-order valence-electron chi connectivity index (χ3n) is 3.24. The summed E-state index contributed by atoms with van der Waals surface area (Å²) in [7, 11) is 0. The van der Waals surface area contributed by atoms with Gasteiger partial charge in [0.25, 0.3) is 0 Å². The van der Waals surface area contributed by atoms with E-state index in [2.05, 4.69) is 0 Å². The van der Waals surface area contributed by atoms with Gasteiger partial charge in [-0.25, -0.2) is 4.79 Å². The molecule has 0 saturated heterocycles. The predicted octanol–water partition coefficient (Wildman–Crippen LogP) is 2.23. The van der Waals surface area contributed by atoms with Crippen LogP contribution in [0.2, 0.25) is 0 Å². The van der Waals surface area contributed by atoms with Crippen molar-refractivity contribution in [3.8, 4) is 0 Å². The summed E-state index contributed by atoms with van der Waals surface area (Å²) in [5.74, 6) is -0.916. The lowest BCUT2D eigenvalue weighted by Crippen LogP contribution is -2.27. The summed E-state index contributed by atoms with van der Waals surface area (Å²) in [4.78, 5) is 10.8. The van der Waals surface area contributed by atoms with Crippen LogP contribution in [0.25, 0.3) is 0 Å². The smallest absolute Gasteiger partial charge is 0.335 e. The molecule has 16 heavy (non-hydrogen) atoms. The second-order valence-corrected chi connectivity index (χ2v) is 4.61. The maximum absolute atomic E-state index is 10.8. The van der Waals surface area contributed by atoms with Crippen LogP contribution in [0.5, 0.6) is 0 Å². The van der Waals surface area contributed by atoms with Gasteiger partial charge >= 0.3 is 5.97 Å². The van der Waals surface area contributed by atoms with Crippen molar-refractivity contribution >= 4 is 5.97 Å². The molecule has 1 aliphatic carbocycles. The Balaban J connectivity index is 2.15. The third-order valence-corrected chi connectivity index (χ3v) is 3.24. The van der Waals surface area contributed by atoms with Gasteiger partial charge in [-0.05, 0) is 30.5 Å². The van der Waals surface area contributed by atoms with Crippen molar-refractivity contribution in [1.29, 1.82) is 0 Å². The molecule has 2 rings (SSSR count). The maximum Gasteiger partial charge on any atom is 0.335 e. The van der Waals surface area contributed by atoms with Gasteiger partial charge in [0.15, 0.2) is 0 Å². The number of aromatic carboxylic acids is 1. The average molecular weight is 220 g/mol. The number of hydrogen-bond acceptors (Lipinski definition) is 2. The minimum atomic E-state index is -0.916. The highest BCUT2D eigenvalue weighted by atomic mass is 16.4. The lowest BCUT2D eigenvalue weighted by atomic mass is 9.92. The number of benzene rings is 1. The Labute approximate surface area is 94.7 Å². The first-order valence-electron chi connectivity index (χ1n) is 5.64. The van der Waals surface area contributed by atoms with Gasteiger partial charge in [0, 0.05) is 6.42 Å². The molecule has 0 aromatic heterocycles. The second kappa shape index (κ2) is 4.26. The van der Waals surface area contributed by atoms with E-state index in [9.17, 15) is 9.90 Å². The van der Waals surface area contributed by atoms with Crippen LogP contribution < -0.4 is 0 Å². The minimum Gasteiger partial charge on any atom is -0.478 e. The SMILES string of the molecule is O=C(O)c1cccc(CC2(O)CCCC2)c1. The van der Waals surface area contributed by atoms with Crippen LogP contribution in [0.4, 0.5) is 0 Å². The van der Waals surface area contributed by atoms with Crippen LogP contribution >= 0.6 is 0 Å². The number of aliphatic hydroxyl groups is 1. The van der Waals surface area contributed by atoms with Crippen LogP contribution in [0.3, 0.4) is 0 Å². The number of carboxylic acid groups (broad SMARTS) is 1. The van der Waals surface area contributed by atoms with Crippen molar-refractivity contribution in [3.05, 3.63) is 35.4 Å². The molecular weight excluding hydrogens is 204 g/mol. The molecule has 1 saturated carbocycles. The number of carbonyl (C=O) groups is 1. The fourth-order valence-electron chi connectivity index (χ4n) is 2.40. The monoisotopic (exact) mass is 220 g/mol. The second-order valence-electron chi connectivity index (χ2n) is 4.61. The number of carboxylic acids is 1. The topological polar surface area (TPSA) is 57.5 Å². The van der Waals surface area contributed by atoms with Gasteiger partial charge in [0.1, 0.15) is 0 Å². The summed E-state index contributed by atoms with van der Waals surface area (Å²) in [5.41, 5.74) is 0.584. The molecule has 0 atom stereocenters. The highest BCUT2D eigenvalue weighted by molar-refractivity contribution is 5.87. The van der Waals surface area contributed by atoms with E-state index in [0.717, 1.165) is 31.2 Å². The molecule has 0 unspecified atom stereocenters. The Morgan fingerprint density at radius 2 is 2.00 bits per heavy atom. The van der Waals surface area contributed by atoms with Crippen molar-refractivity contribution in [3.63, 3.8) is 0 Å². The zero-order valence-electron chi connectivity index (χ0n) is 9.15. The molecule has 86 valence electrons. The van der Waals surface area contributed by atoms with Gasteiger partial charge in [-0.2, -0.15) is 0 Å². The van der Waals surface area contributed by atoms with Gasteiger partial charge in [-0.1, -0.05) is 25.0 Å². The molecule has 0 radical (unpaired) electrons. The van der Waals surface area contributed by atoms with Crippen LogP contribution in [0, 0.1) is 0 Å². The summed E-state index contributed by atoms with van der Waals surface area (Å²) in [6.45, 7) is 0. The minimum absolute atomic E-state index is 0.291. The van der Waals surface area contributed by atoms with Crippen LogP contribution in [0.1, 0.15) is 41.6 Å². The fourth-order valence-corrected chi connectivity index (χ4v) is 2.40. The number of hydrogen-bond donors (Lipinski definition) is 2. The Kier molecular flexibility index (Phi) is 2.97. The van der Waals surface area contributed by atoms with Crippen molar-refractivity contribution in [2.75, 3.05) is 0 Å². The highest BCUT2D eigenvalue weighted by Crippen LogP contribution is 2.32. The molecule has 3 heteroatoms. The van der Waals surface area contributed by atoms with Gasteiger partial charge in [-0.15, -0.1) is 0 Å². The molecule has 0 amide bonds. The van der Waals surface area contributed by atoms with Crippen molar-refractivity contribution in [2.24, 2.45) is 0 Å². The highest BCUT2D eigenvalue weighted by Gasteiger charge is 2.31. The Bertz CT molecular complexity index is 392. The average Bonchev–Trinajstić information content (AvgIpc) is 2.65. The third kappa shape index (κ3) is 2.42. The van der Waals surface area contributed by atoms with Gasteiger partial charge in [-0.3, -0.25) is 0 Å². The van der Waals surface area contributed by atoms with Crippen LogP contribution in [-0.4, -0.2) is 21.8 Å². The summed E-state index contributed by atoms with van der Waals surface area (Å²) >= 11 is 0. The van der Waals surface area contributed by atoms with E-state index in [1.165, 1.54) is 0 Å². The Hall–Kier alpha value is -1.35. The van der Waals surface area contributed by atoms with E-state index in [-0.39, 0.29) is 0 Å². The lowest BCUT2D eigenvalue weighted by molar-refractivity contribution is 0.0480. The molecule has 1 aliphatic rings. The summed E-state index contributed by atoms with van der Waals surface area (Å²) < 4.78 is 0. The van der Waals surface area contributed by atoms with Crippen LogP contribution in [-0.2, 0) is 6.42 Å². The van der Waals surface area contributed by atoms with Gasteiger partial charge < -0.3 is 10.2 Å². The van der Waals surface area contributed by atoms with E-state index in [1.807, 2.05) is 6.07 Å². The summed E-state index contributed by atoms with van der Waals surface area (Å²) in [6, 6.07) is 6.84. The molecule has 1 aromatic carbocycles. The van der Waals surface area contributed by atoms with Crippen molar-refractivity contribution < 1.29 is 15.0 Å². The Morgan fingerprint density at radius 3 is 2.62 bits per heavy atom. The van der Waals surface area contributed by atoms with Gasteiger partial charge in [0.2, 0.25) is 0 Å². The number of rotatable bonds is 3. The van der Waals surface area contributed by atoms with Gasteiger partial charge in [0.05, 0.1) is 11.2 Å². The molecule has 0 aliphatic heterocycles. The Morgan fingerprint density at radius 1 is 1.31 bits per heavy atom. The quantitative estimate of drug-likeness (QED) is 0.821. The molecule has 0 bridgehead atoms. The predicted molar refractivity (Wildman–Crippen MR) is 60.5 cm³/mol. The molecule has 1 fully saturated rings. The largest absolute Gasteiger partial charge is 0.478 e. The van der Waals surface area contributed by atoms with E-state index < -0.39 is 11.6 Å². The first-order valence-corrected chi connectivity index (χ1v) is 5.64.